The lowest BCUT2D eigenvalue weighted by molar-refractivity contribution is 0.457. The summed E-state index contributed by atoms with van der Waals surface area (Å²) in [6.07, 6.45) is 3.09. The van der Waals surface area contributed by atoms with Crippen molar-refractivity contribution < 1.29 is 5.11 Å². The SMILES string of the molecule is Oc1cn2ncccc2n1. The normalized spacial score (nSPS) is 10.4. The minimum absolute atomic E-state index is 0.00120. The van der Waals surface area contributed by atoms with E-state index in [1.54, 1.807) is 18.3 Å². The minimum Gasteiger partial charge on any atom is -0.492 e. The molecule has 10 heavy (non-hydrogen) atoms. The number of aromatic hydroxyl groups is 1. The van der Waals surface area contributed by atoms with Gasteiger partial charge in [-0.25, -0.2) is 4.52 Å². The van der Waals surface area contributed by atoms with Crippen LogP contribution in [0.15, 0.2) is 24.5 Å². The molecule has 0 saturated carbocycles. The molecule has 2 aromatic rings. The van der Waals surface area contributed by atoms with Crippen molar-refractivity contribution in [2.45, 2.75) is 0 Å². The molecule has 4 heteroatoms. The summed E-state index contributed by atoms with van der Waals surface area (Å²) in [7, 11) is 0. The lowest BCUT2D eigenvalue weighted by Gasteiger charge is -1.84. The van der Waals surface area contributed by atoms with Crippen LogP contribution in [0.4, 0.5) is 0 Å². The van der Waals surface area contributed by atoms with E-state index in [1.165, 1.54) is 10.7 Å². The molecule has 0 unspecified atom stereocenters. The van der Waals surface area contributed by atoms with Crippen molar-refractivity contribution in [3.63, 3.8) is 0 Å². The van der Waals surface area contributed by atoms with E-state index >= 15 is 0 Å². The Morgan fingerprint density at radius 2 is 2.40 bits per heavy atom. The second-order valence-corrected chi connectivity index (χ2v) is 1.93. The van der Waals surface area contributed by atoms with Crippen LogP contribution in [-0.4, -0.2) is 19.7 Å². The van der Waals surface area contributed by atoms with E-state index in [0.29, 0.717) is 5.65 Å². The Morgan fingerprint density at radius 1 is 1.50 bits per heavy atom. The lowest BCUT2D eigenvalue weighted by Crippen LogP contribution is -1.85. The Labute approximate surface area is 56.8 Å². The van der Waals surface area contributed by atoms with Crippen molar-refractivity contribution in [3.05, 3.63) is 24.5 Å². The molecule has 0 aliphatic rings. The van der Waals surface area contributed by atoms with Gasteiger partial charge in [-0.3, -0.25) is 0 Å². The van der Waals surface area contributed by atoms with E-state index in [0.717, 1.165) is 0 Å². The van der Waals surface area contributed by atoms with E-state index in [-0.39, 0.29) is 5.88 Å². The predicted molar refractivity (Wildman–Crippen MR) is 34.7 cm³/mol. The maximum atomic E-state index is 8.88. The zero-order valence-electron chi connectivity index (χ0n) is 5.10. The Balaban J connectivity index is 2.88. The van der Waals surface area contributed by atoms with Gasteiger partial charge in [-0.1, -0.05) is 0 Å². The molecule has 2 aromatic heterocycles. The molecule has 0 atom stereocenters. The highest BCUT2D eigenvalue weighted by Gasteiger charge is 1.95. The highest BCUT2D eigenvalue weighted by molar-refractivity contribution is 5.38. The first kappa shape index (κ1) is 5.22. The molecule has 0 amide bonds. The van der Waals surface area contributed by atoms with E-state index in [4.69, 9.17) is 5.11 Å². The zero-order valence-corrected chi connectivity index (χ0v) is 5.10. The van der Waals surface area contributed by atoms with E-state index in [2.05, 4.69) is 10.1 Å². The van der Waals surface area contributed by atoms with Crippen molar-refractivity contribution in [2.75, 3.05) is 0 Å². The molecule has 0 aliphatic carbocycles. The van der Waals surface area contributed by atoms with Crippen LogP contribution in [-0.2, 0) is 0 Å². The van der Waals surface area contributed by atoms with Crippen LogP contribution >= 0.6 is 0 Å². The molecule has 50 valence electrons. The Kier molecular flexibility index (Phi) is 0.887. The quantitative estimate of drug-likeness (QED) is 0.570. The van der Waals surface area contributed by atoms with Gasteiger partial charge in [0.25, 0.3) is 0 Å². The fourth-order valence-corrected chi connectivity index (χ4v) is 0.819. The molecule has 0 aromatic carbocycles. The second kappa shape index (κ2) is 1.70. The third-order valence-electron chi connectivity index (χ3n) is 1.22. The van der Waals surface area contributed by atoms with Crippen LogP contribution in [0.3, 0.4) is 0 Å². The number of nitrogens with zero attached hydrogens (tertiary/aromatic N) is 3. The first-order chi connectivity index (χ1) is 4.86. The maximum absolute atomic E-state index is 8.88. The molecular weight excluding hydrogens is 130 g/mol. The zero-order chi connectivity index (χ0) is 6.97. The van der Waals surface area contributed by atoms with Crippen molar-refractivity contribution in [1.82, 2.24) is 14.6 Å². The highest BCUT2D eigenvalue weighted by Crippen LogP contribution is 2.06. The molecule has 4 nitrogen and oxygen atoms in total. The highest BCUT2D eigenvalue weighted by atomic mass is 16.3. The number of rotatable bonds is 0. The van der Waals surface area contributed by atoms with Gasteiger partial charge in [0.05, 0.1) is 6.20 Å². The predicted octanol–water partition coefficient (Wildman–Crippen LogP) is 0.435. The largest absolute Gasteiger partial charge is 0.492 e. The van der Waals surface area contributed by atoms with Crippen LogP contribution < -0.4 is 0 Å². The summed E-state index contributed by atoms with van der Waals surface area (Å²) in [5.74, 6) is -0.00120. The average molecular weight is 135 g/mol. The number of hydrogen-bond donors (Lipinski definition) is 1. The van der Waals surface area contributed by atoms with Gasteiger partial charge in [0.1, 0.15) is 0 Å². The lowest BCUT2D eigenvalue weighted by atomic mass is 10.6. The van der Waals surface area contributed by atoms with Gasteiger partial charge in [0.15, 0.2) is 5.65 Å². The van der Waals surface area contributed by atoms with Gasteiger partial charge in [-0.05, 0) is 12.1 Å². The van der Waals surface area contributed by atoms with Gasteiger partial charge in [-0.15, -0.1) is 0 Å². The Hall–Kier alpha value is -1.58. The molecule has 0 aliphatic heterocycles. The third kappa shape index (κ3) is 0.621. The maximum Gasteiger partial charge on any atom is 0.231 e. The molecule has 2 heterocycles. The topological polar surface area (TPSA) is 50.4 Å². The first-order valence-corrected chi connectivity index (χ1v) is 2.85. The molecule has 0 fully saturated rings. The molecule has 0 radical (unpaired) electrons. The van der Waals surface area contributed by atoms with Gasteiger partial charge >= 0.3 is 0 Å². The molecule has 0 saturated heterocycles. The Bertz CT molecular complexity index is 322. The van der Waals surface area contributed by atoms with E-state index in [1.807, 2.05) is 0 Å². The molecule has 1 N–H and O–H groups in total. The second-order valence-electron chi connectivity index (χ2n) is 1.93. The van der Waals surface area contributed by atoms with Crippen LogP contribution in [0.2, 0.25) is 0 Å². The van der Waals surface area contributed by atoms with Crippen LogP contribution in [0.1, 0.15) is 0 Å². The smallest absolute Gasteiger partial charge is 0.231 e. The number of aromatic nitrogens is 3. The summed E-state index contributed by atoms with van der Waals surface area (Å²) >= 11 is 0. The average Bonchev–Trinajstić information content (AvgIpc) is 2.27. The van der Waals surface area contributed by atoms with Gasteiger partial charge in [0, 0.05) is 6.20 Å². The Morgan fingerprint density at radius 3 is 3.20 bits per heavy atom. The number of imidazole rings is 1. The van der Waals surface area contributed by atoms with Crippen molar-refractivity contribution in [3.8, 4) is 5.88 Å². The standard InChI is InChI=1S/C6H5N3O/c10-6-4-9-5(8-6)2-1-3-7-9/h1-4,10H. The molecular formula is C6H5N3O. The fourth-order valence-electron chi connectivity index (χ4n) is 0.819. The summed E-state index contributed by atoms with van der Waals surface area (Å²) in [6, 6.07) is 3.54. The summed E-state index contributed by atoms with van der Waals surface area (Å²) < 4.78 is 1.51. The van der Waals surface area contributed by atoms with Gasteiger partial charge in [0.2, 0.25) is 5.88 Å². The summed E-state index contributed by atoms with van der Waals surface area (Å²) in [4.78, 5) is 3.77. The van der Waals surface area contributed by atoms with Crippen molar-refractivity contribution in [1.29, 1.82) is 0 Å². The van der Waals surface area contributed by atoms with Crippen LogP contribution in [0.25, 0.3) is 5.65 Å². The molecule has 2 rings (SSSR count). The van der Waals surface area contributed by atoms with Crippen molar-refractivity contribution in [2.24, 2.45) is 0 Å². The van der Waals surface area contributed by atoms with Crippen molar-refractivity contribution >= 4 is 5.65 Å². The first-order valence-electron chi connectivity index (χ1n) is 2.85. The van der Waals surface area contributed by atoms with Crippen LogP contribution in [0, 0.1) is 0 Å². The van der Waals surface area contributed by atoms with E-state index in [9.17, 15) is 0 Å². The third-order valence-corrected chi connectivity index (χ3v) is 1.22. The monoisotopic (exact) mass is 135 g/mol. The number of fused-ring (bicyclic) bond motifs is 1. The minimum atomic E-state index is -0.00120. The fraction of sp³-hybridized carbons (Fsp3) is 0. The molecule has 0 bridgehead atoms. The number of hydrogen-bond acceptors (Lipinski definition) is 3. The molecule has 0 spiro atoms. The van der Waals surface area contributed by atoms with Gasteiger partial charge < -0.3 is 5.11 Å². The van der Waals surface area contributed by atoms with E-state index < -0.39 is 0 Å². The summed E-state index contributed by atoms with van der Waals surface area (Å²) in [6.45, 7) is 0. The van der Waals surface area contributed by atoms with Gasteiger partial charge in [-0.2, -0.15) is 10.1 Å². The summed E-state index contributed by atoms with van der Waals surface area (Å²) in [5, 5.41) is 12.8. The summed E-state index contributed by atoms with van der Waals surface area (Å²) in [5.41, 5.74) is 0.653. The van der Waals surface area contributed by atoms with Crippen LogP contribution in [0.5, 0.6) is 5.88 Å².